The fraction of sp³-hybridized carbons (Fsp3) is 0.300. The Kier molecular flexibility index (Phi) is 5.21. The van der Waals surface area contributed by atoms with E-state index in [-0.39, 0.29) is 11.2 Å². The van der Waals surface area contributed by atoms with Crippen LogP contribution in [0.25, 0.3) is 5.65 Å². The van der Waals surface area contributed by atoms with Crippen LogP contribution in [-0.2, 0) is 10.2 Å². The number of pyridine rings is 1. The van der Waals surface area contributed by atoms with Crippen molar-refractivity contribution in [1.82, 2.24) is 9.38 Å². The maximum atomic E-state index is 12.6. The summed E-state index contributed by atoms with van der Waals surface area (Å²) < 4.78 is 6.70. The van der Waals surface area contributed by atoms with Crippen LogP contribution in [0.3, 0.4) is 0 Å². The van der Waals surface area contributed by atoms with Crippen molar-refractivity contribution in [2.75, 3.05) is 25.1 Å². The molecule has 0 aliphatic carbocycles. The smallest absolute Gasteiger partial charge is 0.376 e. The van der Waals surface area contributed by atoms with Crippen LogP contribution < -0.4 is 10.9 Å². The summed E-state index contributed by atoms with van der Waals surface area (Å²) in [5.74, 6) is -0.0222. The maximum Gasteiger partial charge on any atom is 0.376 e. The van der Waals surface area contributed by atoms with Crippen LogP contribution in [0.4, 0.5) is 11.5 Å². The fourth-order valence-corrected chi connectivity index (χ4v) is 3.88. The fourth-order valence-electron chi connectivity index (χ4n) is 3.75. The van der Waals surface area contributed by atoms with E-state index in [1.54, 1.807) is 18.2 Å². The molecule has 4 rings (SSSR count). The van der Waals surface area contributed by atoms with Crippen molar-refractivity contribution >= 4 is 28.8 Å². The molecule has 0 spiro atoms. The Bertz CT molecular complexity index is 1110. The van der Waals surface area contributed by atoms with Gasteiger partial charge in [0.2, 0.25) is 5.82 Å². The molecule has 8 nitrogen and oxygen atoms in total. The highest BCUT2D eigenvalue weighted by Crippen LogP contribution is 2.36. The number of hydrogen-bond acceptors (Lipinski definition) is 6. The monoisotopic (exact) mass is 414 g/mol. The molecule has 0 unspecified atom stereocenters. The molecular formula is C20H19ClN4O4. The molecule has 0 saturated carbocycles. The van der Waals surface area contributed by atoms with Gasteiger partial charge in [-0.3, -0.25) is 19.3 Å². The van der Waals surface area contributed by atoms with E-state index in [9.17, 15) is 14.9 Å². The van der Waals surface area contributed by atoms with E-state index in [0.717, 1.165) is 18.4 Å². The summed E-state index contributed by atoms with van der Waals surface area (Å²) in [6, 6.07) is 12.6. The number of hydrogen-bond donors (Lipinski definition) is 1. The van der Waals surface area contributed by atoms with Crippen molar-refractivity contribution in [3.8, 4) is 0 Å². The van der Waals surface area contributed by atoms with Crippen LogP contribution in [0.1, 0.15) is 18.4 Å². The lowest BCUT2D eigenvalue weighted by Gasteiger charge is -2.38. The molecule has 0 amide bonds. The number of anilines is 1. The Morgan fingerprint density at radius 3 is 2.62 bits per heavy atom. The van der Waals surface area contributed by atoms with Crippen LogP contribution in [0.2, 0.25) is 5.02 Å². The zero-order valence-corrected chi connectivity index (χ0v) is 16.3. The van der Waals surface area contributed by atoms with Crippen molar-refractivity contribution in [2.45, 2.75) is 18.3 Å². The van der Waals surface area contributed by atoms with Crippen LogP contribution >= 0.6 is 11.6 Å². The van der Waals surface area contributed by atoms with Gasteiger partial charge in [-0.2, -0.15) is 0 Å². The van der Waals surface area contributed by atoms with E-state index in [1.807, 2.05) is 24.3 Å². The molecule has 2 aromatic heterocycles. The molecule has 3 aromatic rings. The first-order valence-electron chi connectivity index (χ1n) is 9.24. The minimum absolute atomic E-state index is 0.0222. The van der Waals surface area contributed by atoms with Gasteiger partial charge in [0.25, 0.3) is 0 Å². The Hall–Kier alpha value is -2.97. The number of nitrogens with one attached hydrogen (secondary N) is 1. The molecule has 1 saturated heterocycles. The number of benzene rings is 1. The molecule has 150 valence electrons. The van der Waals surface area contributed by atoms with Crippen LogP contribution in [-0.4, -0.2) is 34.1 Å². The summed E-state index contributed by atoms with van der Waals surface area (Å²) in [4.78, 5) is 27.9. The number of halogens is 1. The standard InChI is InChI=1S/C20H19ClN4O4/c21-15-6-4-14(5-7-15)20(8-11-29-12-9-20)13-22-18-17(25(27)28)19(26)24-10-2-1-3-16(24)23-18/h1-7,10,22H,8-9,11-13H2. The molecule has 1 aliphatic rings. The van der Waals surface area contributed by atoms with Gasteiger partial charge in [-0.05, 0) is 42.7 Å². The van der Waals surface area contributed by atoms with Gasteiger partial charge in [0.15, 0.2) is 0 Å². The molecule has 29 heavy (non-hydrogen) atoms. The second kappa shape index (κ2) is 7.81. The molecule has 0 atom stereocenters. The number of fused-ring (bicyclic) bond motifs is 1. The van der Waals surface area contributed by atoms with Gasteiger partial charge in [0.05, 0.1) is 4.92 Å². The molecule has 0 bridgehead atoms. The first kappa shape index (κ1) is 19.4. The van der Waals surface area contributed by atoms with Crippen molar-refractivity contribution in [3.05, 3.63) is 79.7 Å². The minimum Gasteiger partial charge on any atom is -0.381 e. The molecule has 9 heteroatoms. The van der Waals surface area contributed by atoms with Gasteiger partial charge in [0.1, 0.15) is 5.65 Å². The van der Waals surface area contributed by atoms with Crippen molar-refractivity contribution in [1.29, 1.82) is 0 Å². The largest absolute Gasteiger partial charge is 0.381 e. The second-order valence-electron chi connectivity index (χ2n) is 7.05. The third kappa shape index (κ3) is 3.68. The Morgan fingerprint density at radius 1 is 1.21 bits per heavy atom. The first-order chi connectivity index (χ1) is 14.0. The summed E-state index contributed by atoms with van der Waals surface area (Å²) in [5.41, 5.74) is -0.168. The molecule has 1 aliphatic heterocycles. The highest BCUT2D eigenvalue weighted by Gasteiger charge is 2.35. The lowest BCUT2D eigenvalue weighted by atomic mass is 9.74. The predicted molar refractivity (Wildman–Crippen MR) is 110 cm³/mol. The van der Waals surface area contributed by atoms with E-state index in [2.05, 4.69) is 10.3 Å². The average molecular weight is 415 g/mol. The van der Waals surface area contributed by atoms with Crippen molar-refractivity contribution in [2.24, 2.45) is 0 Å². The van der Waals surface area contributed by atoms with Crippen molar-refractivity contribution in [3.63, 3.8) is 0 Å². The molecule has 1 N–H and O–H groups in total. The number of ether oxygens (including phenoxy) is 1. The lowest BCUT2D eigenvalue weighted by Crippen LogP contribution is -2.40. The maximum absolute atomic E-state index is 12.6. The second-order valence-corrected chi connectivity index (χ2v) is 7.49. The number of rotatable bonds is 5. The lowest BCUT2D eigenvalue weighted by molar-refractivity contribution is -0.385. The predicted octanol–water partition coefficient (Wildman–Crippen LogP) is 3.42. The normalized spacial score (nSPS) is 15.9. The molecular weight excluding hydrogens is 396 g/mol. The summed E-state index contributed by atoms with van der Waals surface area (Å²) >= 11 is 6.04. The summed E-state index contributed by atoms with van der Waals surface area (Å²) in [5, 5.41) is 15.3. The Labute approximate surface area is 171 Å². The third-order valence-electron chi connectivity index (χ3n) is 5.39. The quantitative estimate of drug-likeness (QED) is 0.507. The van der Waals surface area contributed by atoms with Gasteiger partial charge in [-0.1, -0.05) is 29.8 Å². The molecule has 1 aromatic carbocycles. The SMILES string of the molecule is O=c1c([N+](=O)[O-])c(NCC2(c3ccc(Cl)cc3)CCOCC2)nc2ccccn12. The van der Waals surface area contributed by atoms with Crippen LogP contribution in [0.5, 0.6) is 0 Å². The topological polar surface area (TPSA) is 98.8 Å². The van der Waals surface area contributed by atoms with Gasteiger partial charge >= 0.3 is 11.2 Å². The highest BCUT2D eigenvalue weighted by molar-refractivity contribution is 6.30. The highest BCUT2D eigenvalue weighted by atomic mass is 35.5. The van der Waals surface area contributed by atoms with Gasteiger partial charge in [0, 0.05) is 36.4 Å². The number of nitro groups is 1. The van der Waals surface area contributed by atoms with E-state index >= 15 is 0 Å². The Morgan fingerprint density at radius 2 is 1.93 bits per heavy atom. The Balaban J connectivity index is 1.73. The van der Waals surface area contributed by atoms with Gasteiger partial charge in [-0.25, -0.2) is 4.98 Å². The van der Waals surface area contributed by atoms with E-state index < -0.39 is 16.2 Å². The van der Waals surface area contributed by atoms with Crippen LogP contribution in [0.15, 0.2) is 53.5 Å². The van der Waals surface area contributed by atoms with Gasteiger partial charge in [-0.15, -0.1) is 0 Å². The zero-order chi connectivity index (χ0) is 20.4. The number of nitrogens with zero attached hydrogens (tertiary/aromatic N) is 3. The summed E-state index contributed by atoms with van der Waals surface area (Å²) in [6.07, 6.45) is 2.94. The third-order valence-corrected chi connectivity index (χ3v) is 5.65. The average Bonchev–Trinajstić information content (AvgIpc) is 2.73. The van der Waals surface area contributed by atoms with Crippen LogP contribution in [0, 0.1) is 10.1 Å². The summed E-state index contributed by atoms with van der Waals surface area (Å²) in [7, 11) is 0. The van der Waals surface area contributed by atoms with Gasteiger partial charge < -0.3 is 10.1 Å². The molecule has 0 radical (unpaired) electrons. The molecule has 3 heterocycles. The minimum atomic E-state index is -0.712. The first-order valence-corrected chi connectivity index (χ1v) is 9.61. The van der Waals surface area contributed by atoms with E-state index in [1.165, 1.54) is 10.6 Å². The van der Waals surface area contributed by atoms with Crippen molar-refractivity contribution < 1.29 is 9.66 Å². The summed E-state index contributed by atoms with van der Waals surface area (Å²) in [6.45, 7) is 1.55. The number of aromatic nitrogens is 2. The zero-order valence-electron chi connectivity index (χ0n) is 15.5. The van der Waals surface area contributed by atoms with E-state index in [4.69, 9.17) is 16.3 Å². The van der Waals surface area contributed by atoms with E-state index in [0.29, 0.717) is 30.4 Å². The molecule has 1 fully saturated rings.